The summed E-state index contributed by atoms with van der Waals surface area (Å²) < 4.78 is 37.7. The Morgan fingerprint density at radius 1 is 1.00 bits per heavy atom. The van der Waals surface area contributed by atoms with Gasteiger partial charge in [0.15, 0.2) is 11.0 Å². The molecule has 100 valence electrons. The van der Waals surface area contributed by atoms with Gasteiger partial charge < -0.3 is 5.32 Å². The first-order chi connectivity index (χ1) is 8.86. The van der Waals surface area contributed by atoms with Crippen LogP contribution >= 0.6 is 23.2 Å². The third-order valence-corrected chi connectivity index (χ3v) is 2.72. The quantitative estimate of drug-likeness (QED) is 0.884. The van der Waals surface area contributed by atoms with E-state index in [-0.39, 0.29) is 21.7 Å². The van der Waals surface area contributed by atoms with Crippen LogP contribution in [0.2, 0.25) is 10.2 Å². The van der Waals surface area contributed by atoms with Crippen LogP contribution in [0.3, 0.4) is 0 Å². The van der Waals surface area contributed by atoms with Gasteiger partial charge in [-0.3, -0.25) is 0 Å². The standard InChI is InChI=1S/C11H6Cl2F3N3/c12-7-2-1-6(11(14,15)16)5-8(7)17-10-4-3-9(13)18-19-10/h1-5H,(H,17,19). The third-order valence-electron chi connectivity index (χ3n) is 2.19. The van der Waals surface area contributed by atoms with Crippen molar-refractivity contribution in [1.82, 2.24) is 10.2 Å². The normalized spacial score (nSPS) is 11.4. The van der Waals surface area contributed by atoms with Crippen LogP contribution in [-0.4, -0.2) is 10.2 Å². The molecule has 0 unspecified atom stereocenters. The molecule has 1 aromatic heterocycles. The van der Waals surface area contributed by atoms with Gasteiger partial charge in [0, 0.05) is 0 Å². The summed E-state index contributed by atoms with van der Waals surface area (Å²) in [6, 6.07) is 5.90. The van der Waals surface area contributed by atoms with Gasteiger partial charge in [-0.1, -0.05) is 23.2 Å². The number of alkyl halides is 3. The van der Waals surface area contributed by atoms with Crippen molar-refractivity contribution in [3.05, 3.63) is 46.1 Å². The molecule has 0 atom stereocenters. The van der Waals surface area contributed by atoms with E-state index in [9.17, 15) is 13.2 Å². The van der Waals surface area contributed by atoms with Crippen molar-refractivity contribution >= 4 is 34.7 Å². The first kappa shape index (κ1) is 13.9. The Kier molecular flexibility index (Phi) is 3.82. The fourth-order valence-corrected chi connectivity index (χ4v) is 1.58. The highest BCUT2D eigenvalue weighted by Crippen LogP contribution is 2.34. The van der Waals surface area contributed by atoms with Gasteiger partial charge in [-0.15, -0.1) is 10.2 Å². The van der Waals surface area contributed by atoms with Crippen molar-refractivity contribution in [1.29, 1.82) is 0 Å². The molecule has 0 spiro atoms. The highest BCUT2D eigenvalue weighted by atomic mass is 35.5. The number of hydrogen-bond acceptors (Lipinski definition) is 3. The summed E-state index contributed by atoms with van der Waals surface area (Å²) in [4.78, 5) is 0. The Balaban J connectivity index is 2.31. The van der Waals surface area contributed by atoms with E-state index >= 15 is 0 Å². The minimum atomic E-state index is -4.44. The molecule has 0 aliphatic heterocycles. The van der Waals surface area contributed by atoms with Gasteiger partial charge in [0.1, 0.15) is 0 Å². The van der Waals surface area contributed by atoms with E-state index < -0.39 is 11.7 Å². The van der Waals surface area contributed by atoms with Crippen LogP contribution in [0.15, 0.2) is 30.3 Å². The second-order valence-corrected chi connectivity index (χ2v) is 4.35. The molecule has 0 fully saturated rings. The number of benzene rings is 1. The fraction of sp³-hybridized carbons (Fsp3) is 0.0909. The van der Waals surface area contributed by atoms with Crippen molar-refractivity contribution in [3.63, 3.8) is 0 Å². The molecule has 0 bridgehead atoms. The maximum Gasteiger partial charge on any atom is 0.416 e. The molecule has 1 heterocycles. The van der Waals surface area contributed by atoms with E-state index in [4.69, 9.17) is 23.2 Å². The fourth-order valence-electron chi connectivity index (χ4n) is 1.32. The van der Waals surface area contributed by atoms with Crippen LogP contribution in [0.5, 0.6) is 0 Å². The number of nitrogens with one attached hydrogen (secondary N) is 1. The van der Waals surface area contributed by atoms with Gasteiger partial charge in [0.2, 0.25) is 0 Å². The van der Waals surface area contributed by atoms with Gasteiger partial charge in [0.05, 0.1) is 16.3 Å². The summed E-state index contributed by atoms with van der Waals surface area (Å²) >= 11 is 11.4. The molecule has 0 aliphatic carbocycles. The van der Waals surface area contributed by atoms with Crippen molar-refractivity contribution in [2.24, 2.45) is 0 Å². The Labute approximate surface area is 116 Å². The second kappa shape index (κ2) is 5.22. The van der Waals surface area contributed by atoms with Crippen LogP contribution in [0, 0.1) is 0 Å². The third kappa shape index (κ3) is 3.48. The lowest BCUT2D eigenvalue weighted by Crippen LogP contribution is -2.06. The van der Waals surface area contributed by atoms with Gasteiger partial charge >= 0.3 is 6.18 Å². The van der Waals surface area contributed by atoms with Crippen LogP contribution in [0.1, 0.15) is 5.56 Å². The van der Waals surface area contributed by atoms with Crippen molar-refractivity contribution in [3.8, 4) is 0 Å². The molecule has 8 heteroatoms. The SMILES string of the molecule is FC(F)(F)c1ccc(Cl)c(Nc2ccc(Cl)nn2)c1. The van der Waals surface area contributed by atoms with Crippen LogP contribution in [0.25, 0.3) is 0 Å². The van der Waals surface area contributed by atoms with Crippen LogP contribution in [0.4, 0.5) is 24.7 Å². The van der Waals surface area contributed by atoms with E-state index in [1.54, 1.807) is 0 Å². The minimum Gasteiger partial charge on any atom is -0.338 e. The van der Waals surface area contributed by atoms with E-state index in [1.165, 1.54) is 12.1 Å². The molecule has 19 heavy (non-hydrogen) atoms. The molecule has 0 radical (unpaired) electrons. The minimum absolute atomic E-state index is 0.0908. The molecule has 0 aliphatic rings. The molecule has 0 saturated carbocycles. The van der Waals surface area contributed by atoms with Gasteiger partial charge in [-0.25, -0.2) is 0 Å². The summed E-state index contributed by atoms with van der Waals surface area (Å²) in [6.45, 7) is 0. The van der Waals surface area contributed by atoms with Crippen molar-refractivity contribution in [2.75, 3.05) is 5.32 Å². The summed E-state index contributed by atoms with van der Waals surface area (Å²) in [6.07, 6.45) is -4.44. The zero-order chi connectivity index (χ0) is 14.0. The summed E-state index contributed by atoms with van der Waals surface area (Å²) in [7, 11) is 0. The van der Waals surface area contributed by atoms with Gasteiger partial charge in [0.25, 0.3) is 0 Å². The number of halogens is 5. The molecule has 2 rings (SSSR count). The van der Waals surface area contributed by atoms with E-state index in [0.29, 0.717) is 0 Å². The maximum atomic E-state index is 12.6. The Bertz CT molecular complexity index is 585. The number of aromatic nitrogens is 2. The largest absolute Gasteiger partial charge is 0.416 e. The summed E-state index contributed by atoms with van der Waals surface area (Å²) in [5, 5.41) is 10.2. The average Bonchev–Trinajstić information content (AvgIpc) is 2.33. The lowest BCUT2D eigenvalue weighted by Gasteiger charge is -2.11. The summed E-state index contributed by atoms with van der Waals surface area (Å²) in [5.41, 5.74) is -0.713. The molecule has 1 N–H and O–H groups in total. The van der Waals surface area contributed by atoms with Crippen LogP contribution in [-0.2, 0) is 6.18 Å². The zero-order valence-corrected chi connectivity index (χ0v) is 10.7. The van der Waals surface area contributed by atoms with Gasteiger partial charge in [-0.2, -0.15) is 13.2 Å². The average molecular weight is 308 g/mol. The zero-order valence-electron chi connectivity index (χ0n) is 9.17. The van der Waals surface area contributed by atoms with Gasteiger partial charge in [-0.05, 0) is 30.3 Å². The van der Waals surface area contributed by atoms with E-state index in [1.807, 2.05) is 0 Å². The molecule has 3 nitrogen and oxygen atoms in total. The van der Waals surface area contributed by atoms with E-state index in [2.05, 4.69) is 15.5 Å². The topological polar surface area (TPSA) is 37.8 Å². The molecule has 2 aromatic rings. The highest BCUT2D eigenvalue weighted by molar-refractivity contribution is 6.33. The number of anilines is 2. The number of rotatable bonds is 2. The summed E-state index contributed by atoms with van der Waals surface area (Å²) in [5.74, 6) is 0.241. The van der Waals surface area contributed by atoms with Crippen LogP contribution < -0.4 is 5.32 Å². The Hall–Kier alpha value is -1.53. The highest BCUT2D eigenvalue weighted by Gasteiger charge is 2.30. The van der Waals surface area contributed by atoms with Crippen molar-refractivity contribution in [2.45, 2.75) is 6.18 Å². The Morgan fingerprint density at radius 2 is 1.74 bits per heavy atom. The maximum absolute atomic E-state index is 12.6. The molecular weight excluding hydrogens is 302 g/mol. The first-order valence-corrected chi connectivity index (χ1v) is 5.75. The number of hydrogen-bond donors (Lipinski definition) is 1. The lowest BCUT2D eigenvalue weighted by atomic mass is 10.2. The second-order valence-electron chi connectivity index (χ2n) is 3.56. The molecule has 0 amide bonds. The molecule has 0 saturated heterocycles. The predicted octanol–water partition coefficient (Wildman–Crippen LogP) is 4.55. The van der Waals surface area contributed by atoms with E-state index in [0.717, 1.165) is 18.2 Å². The number of nitrogens with zero attached hydrogens (tertiary/aromatic N) is 2. The first-order valence-electron chi connectivity index (χ1n) is 4.99. The monoisotopic (exact) mass is 307 g/mol. The van der Waals surface area contributed by atoms with Crippen molar-refractivity contribution < 1.29 is 13.2 Å². The predicted molar refractivity (Wildman–Crippen MR) is 66.8 cm³/mol. The smallest absolute Gasteiger partial charge is 0.338 e. The molecule has 1 aromatic carbocycles. The lowest BCUT2D eigenvalue weighted by molar-refractivity contribution is -0.137. The molecular formula is C11H6Cl2F3N3. The Morgan fingerprint density at radius 3 is 2.32 bits per heavy atom.